The number of rotatable bonds is 2. The standard InChI is InChI=1S/C12H20N2O2/c1-2-10-12(5-7-13-8-6-12)16-11(15)14(10)9-3-4-9/h9-10,13H,2-8H2,1H3. The first-order chi connectivity index (χ1) is 7.77. The van der Waals surface area contributed by atoms with Gasteiger partial charge in [-0.25, -0.2) is 4.79 Å². The first-order valence-electron chi connectivity index (χ1n) is 6.49. The van der Waals surface area contributed by atoms with Crippen molar-refractivity contribution in [3.63, 3.8) is 0 Å². The van der Waals surface area contributed by atoms with Gasteiger partial charge in [0, 0.05) is 18.9 Å². The lowest BCUT2D eigenvalue weighted by Crippen LogP contribution is -2.51. The van der Waals surface area contributed by atoms with Gasteiger partial charge in [-0.2, -0.15) is 0 Å². The number of hydrogen-bond donors (Lipinski definition) is 1. The van der Waals surface area contributed by atoms with Gasteiger partial charge in [-0.15, -0.1) is 0 Å². The molecule has 0 radical (unpaired) electrons. The summed E-state index contributed by atoms with van der Waals surface area (Å²) in [7, 11) is 0. The Hall–Kier alpha value is -0.770. The molecule has 0 aromatic rings. The molecule has 16 heavy (non-hydrogen) atoms. The van der Waals surface area contributed by atoms with Crippen LogP contribution >= 0.6 is 0 Å². The molecule has 1 N–H and O–H groups in total. The largest absolute Gasteiger partial charge is 0.440 e. The summed E-state index contributed by atoms with van der Waals surface area (Å²) in [6.07, 6.45) is 5.24. The van der Waals surface area contributed by atoms with E-state index in [0.717, 1.165) is 32.4 Å². The van der Waals surface area contributed by atoms with E-state index >= 15 is 0 Å². The van der Waals surface area contributed by atoms with Crippen LogP contribution in [0.15, 0.2) is 0 Å². The fraction of sp³-hybridized carbons (Fsp3) is 0.917. The first-order valence-corrected chi connectivity index (χ1v) is 6.49. The Balaban J connectivity index is 1.85. The molecule has 3 rings (SSSR count). The van der Waals surface area contributed by atoms with Crippen LogP contribution in [0.25, 0.3) is 0 Å². The van der Waals surface area contributed by atoms with E-state index in [0.29, 0.717) is 12.1 Å². The molecule has 1 aliphatic carbocycles. The maximum atomic E-state index is 12.0. The lowest BCUT2D eigenvalue weighted by molar-refractivity contribution is 0.00624. The molecule has 0 bridgehead atoms. The number of piperidine rings is 1. The van der Waals surface area contributed by atoms with Crippen LogP contribution in [0.2, 0.25) is 0 Å². The Morgan fingerprint density at radius 2 is 2.12 bits per heavy atom. The highest BCUT2D eigenvalue weighted by Gasteiger charge is 2.56. The average Bonchev–Trinajstić information content (AvgIpc) is 3.06. The summed E-state index contributed by atoms with van der Waals surface area (Å²) < 4.78 is 5.75. The summed E-state index contributed by atoms with van der Waals surface area (Å²) in [6, 6.07) is 0.793. The van der Waals surface area contributed by atoms with Crippen molar-refractivity contribution in [2.75, 3.05) is 13.1 Å². The van der Waals surface area contributed by atoms with E-state index in [1.165, 1.54) is 12.8 Å². The monoisotopic (exact) mass is 224 g/mol. The quantitative estimate of drug-likeness (QED) is 0.773. The van der Waals surface area contributed by atoms with Gasteiger partial charge in [0.05, 0.1) is 6.04 Å². The zero-order valence-corrected chi connectivity index (χ0v) is 9.87. The zero-order chi connectivity index (χ0) is 11.2. The predicted molar refractivity (Wildman–Crippen MR) is 60.3 cm³/mol. The molecule has 0 aromatic heterocycles. The maximum Gasteiger partial charge on any atom is 0.411 e. The molecule has 1 spiro atoms. The third kappa shape index (κ3) is 1.43. The number of carbonyl (C=O) groups is 1. The molecular formula is C12H20N2O2. The molecule has 1 amide bonds. The molecule has 2 saturated heterocycles. The normalized spacial score (nSPS) is 33.2. The number of ether oxygens (including phenoxy) is 1. The summed E-state index contributed by atoms with van der Waals surface area (Å²) in [6.45, 7) is 4.12. The van der Waals surface area contributed by atoms with Crippen LogP contribution in [0, 0.1) is 0 Å². The Labute approximate surface area is 96.3 Å². The smallest absolute Gasteiger partial charge is 0.411 e. The number of carbonyl (C=O) groups excluding carboxylic acids is 1. The fourth-order valence-electron chi connectivity index (χ4n) is 3.29. The molecule has 4 nitrogen and oxygen atoms in total. The lowest BCUT2D eigenvalue weighted by atomic mass is 9.83. The Morgan fingerprint density at radius 1 is 1.44 bits per heavy atom. The van der Waals surface area contributed by atoms with Gasteiger partial charge >= 0.3 is 6.09 Å². The second-order valence-electron chi connectivity index (χ2n) is 5.25. The molecule has 2 aliphatic heterocycles. The van der Waals surface area contributed by atoms with Crippen LogP contribution in [-0.4, -0.2) is 41.8 Å². The van der Waals surface area contributed by atoms with Crippen molar-refractivity contribution < 1.29 is 9.53 Å². The minimum Gasteiger partial charge on any atom is -0.440 e. The van der Waals surface area contributed by atoms with Gasteiger partial charge in [-0.1, -0.05) is 6.92 Å². The van der Waals surface area contributed by atoms with Crippen LogP contribution in [0.4, 0.5) is 4.79 Å². The second-order valence-corrected chi connectivity index (χ2v) is 5.25. The minimum atomic E-state index is -0.181. The highest BCUT2D eigenvalue weighted by Crippen LogP contribution is 2.43. The van der Waals surface area contributed by atoms with Crippen LogP contribution in [0.3, 0.4) is 0 Å². The van der Waals surface area contributed by atoms with Crippen molar-refractivity contribution in [2.24, 2.45) is 0 Å². The molecular weight excluding hydrogens is 204 g/mol. The van der Waals surface area contributed by atoms with Gasteiger partial charge in [0.1, 0.15) is 5.60 Å². The minimum absolute atomic E-state index is 0.0590. The lowest BCUT2D eigenvalue weighted by Gasteiger charge is -2.37. The molecule has 4 heteroatoms. The van der Waals surface area contributed by atoms with Crippen LogP contribution in [0.1, 0.15) is 39.0 Å². The molecule has 3 fully saturated rings. The molecule has 1 atom stereocenters. The number of amides is 1. The average molecular weight is 224 g/mol. The van der Waals surface area contributed by atoms with Gasteiger partial charge < -0.3 is 10.1 Å². The van der Waals surface area contributed by atoms with Crippen LogP contribution < -0.4 is 5.32 Å². The van der Waals surface area contributed by atoms with E-state index in [9.17, 15) is 4.79 Å². The van der Waals surface area contributed by atoms with Gasteiger partial charge in [0.25, 0.3) is 0 Å². The number of nitrogens with one attached hydrogen (secondary N) is 1. The van der Waals surface area contributed by atoms with E-state index in [-0.39, 0.29) is 11.7 Å². The van der Waals surface area contributed by atoms with Gasteiger partial charge in [0.2, 0.25) is 0 Å². The topological polar surface area (TPSA) is 41.6 Å². The van der Waals surface area contributed by atoms with Gasteiger partial charge in [0.15, 0.2) is 0 Å². The van der Waals surface area contributed by atoms with Crippen molar-refractivity contribution >= 4 is 6.09 Å². The van der Waals surface area contributed by atoms with Crippen LogP contribution in [-0.2, 0) is 4.74 Å². The van der Waals surface area contributed by atoms with E-state index in [4.69, 9.17) is 4.74 Å². The Bertz CT molecular complexity index is 295. The molecule has 1 unspecified atom stereocenters. The molecule has 2 heterocycles. The van der Waals surface area contributed by atoms with E-state index in [1.54, 1.807) is 0 Å². The number of hydrogen-bond acceptors (Lipinski definition) is 3. The summed E-state index contributed by atoms with van der Waals surface area (Å²) in [5.41, 5.74) is -0.181. The SMILES string of the molecule is CCC1N(C2CC2)C(=O)OC12CCNCC2. The van der Waals surface area contributed by atoms with E-state index in [2.05, 4.69) is 12.2 Å². The molecule has 0 aromatic carbocycles. The third-order valence-corrected chi connectivity index (χ3v) is 4.22. The second kappa shape index (κ2) is 3.62. The summed E-state index contributed by atoms with van der Waals surface area (Å²) in [4.78, 5) is 14.0. The predicted octanol–water partition coefficient (Wildman–Crippen LogP) is 1.50. The van der Waals surface area contributed by atoms with Crippen molar-refractivity contribution in [3.05, 3.63) is 0 Å². The van der Waals surface area contributed by atoms with Gasteiger partial charge in [-0.3, -0.25) is 4.90 Å². The van der Waals surface area contributed by atoms with Crippen molar-refractivity contribution in [1.82, 2.24) is 10.2 Å². The van der Waals surface area contributed by atoms with E-state index < -0.39 is 0 Å². The Morgan fingerprint density at radius 3 is 2.69 bits per heavy atom. The highest BCUT2D eigenvalue weighted by molar-refractivity contribution is 5.72. The van der Waals surface area contributed by atoms with Gasteiger partial charge in [-0.05, 0) is 32.4 Å². The third-order valence-electron chi connectivity index (χ3n) is 4.22. The maximum absolute atomic E-state index is 12.0. The molecule has 3 aliphatic rings. The summed E-state index contributed by atoms with van der Waals surface area (Å²) in [5.74, 6) is 0. The highest BCUT2D eigenvalue weighted by atomic mass is 16.6. The first kappa shape index (κ1) is 10.4. The number of nitrogens with zero attached hydrogens (tertiary/aromatic N) is 1. The van der Waals surface area contributed by atoms with E-state index in [1.807, 2.05) is 4.90 Å². The van der Waals surface area contributed by atoms with Crippen molar-refractivity contribution in [3.8, 4) is 0 Å². The van der Waals surface area contributed by atoms with Crippen molar-refractivity contribution in [1.29, 1.82) is 0 Å². The molecule has 1 saturated carbocycles. The van der Waals surface area contributed by atoms with Crippen LogP contribution in [0.5, 0.6) is 0 Å². The molecule has 90 valence electrons. The summed E-state index contributed by atoms with van der Waals surface area (Å²) in [5, 5.41) is 3.35. The Kier molecular flexibility index (Phi) is 2.35. The van der Waals surface area contributed by atoms with Crippen molar-refractivity contribution in [2.45, 2.75) is 56.7 Å². The zero-order valence-electron chi connectivity index (χ0n) is 9.87. The summed E-state index contributed by atoms with van der Waals surface area (Å²) >= 11 is 0. The fourth-order valence-corrected chi connectivity index (χ4v) is 3.29.